The maximum Gasteiger partial charge on any atom is 0.233 e. The van der Waals surface area contributed by atoms with Gasteiger partial charge in [0.25, 0.3) is 0 Å². The SMILES string of the molecule is CCCNC(c1ccc(OC)nn1)c1cccc(Cl)c1Cl. The predicted octanol–water partition coefficient (Wildman–Crippen LogP) is 3.88. The Balaban J connectivity index is 2.39. The van der Waals surface area contributed by atoms with Crippen LogP contribution in [0.15, 0.2) is 30.3 Å². The monoisotopic (exact) mass is 325 g/mol. The Morgan fingerprint density at radius 3 is 2.62 bits per heavy atom. The quantitative estimate of drug-likeness (QED) is 0.875. The average Bonchev–Trinajstić information content (AvgIpc) is 2.52. The lowest BCUT2D eigenvalue weighted by molar-refractivity contribution is 0.390. The normalized spacial score (nSPS) is 12.2. The molecule has 1 aromatic carbocycles. The fourth-order valence-corrected chi connectivity index (χ4v) is 2.42. The maximum atomic E-state index is 6.33. The van der Waals surface area contributed by atoms with Gasteiger partial charge >= 0.3 is 0 Å². The summed E-state index contributed by atoms with van der Waals surface area (Å²) in [6, 6.07) is 9.07. The summed E-state index contributed by atoms with van der Waals surface area (Å²) >= 11 is 12.4. The van der Waals surface area contributed by atoms with Gasteiger partial charge in [-0.3, -0.25) is 0 Å². The smallest absolute Gasteiger partial charge is 0.233 e. The highest BCUT2D eigenvalue weighted by Crippen LogP contribution is 2.32. The third-order valence-electron chi connectivity index (χ3n) is 3.06. The minimum atomic E-state index is -0.158. The van der Waals surface area contributed by atoms with Crippen LogP contribution in [0.2, 0.25) is 10.0 Å². The summed E-state index contributed by atoms with van der Waals surface area (Å²) < 4.78 is 5.04. The molecule has 0 spiro atoms. The Bertz CT molecular complexity index is 590. The van der Waals surface area contributed by atoms with Crippen molar-refractivity contribution in [2.75, 3.05) is 13.7 Å². The Kier molecular flexibility index (Phi) is 5.79. The van der Waals surface area contributed by atoms with Gasteiger partial charge in [-0.15, -0.1) is 10.2 Å². The minimum Gasteiger partial charge on any atom is -0.480 e. The second kappa shape index (κ2) is 7.59. The van der Waals surface area contributed by atoms with Crippen LogP contribution in [-0.2, 0) is 0 Å². The molecule has 0 bridgehead atoms. The van der Waals surface area contributed by atoms with Crippen LogP contribution in [0.1, 0.15) is 30.6 Å². The Morgan fingerprint density at radius 1 is 1.19 bits per heavy atom. The molecular weight excluding hydrogens is 309 g/mol. The molecular formula is C15H17Cl2N3O. The van der Waals surface area contributed by atoms with Crippen LogP contribution in [0.25, 0.3) is 0 Å². The van der Waals surface area contributed by atoms with Crippen LogP contribution in [0.5, 0.6) is 5.88 Å². The number of aromatic nitrogens is 2. The van der Waals surface area contributed by atoms with Crippen molar-refractivity contribution in [2.45, 2.75) is 19.4 Å². The fraction of sp³-hybridized carbons (Fsp3) is 0.333. The van der Waals surface area contributed by atoms with Gasteiger partial charge in [-0.1, -0.05) is 42.3 Å². The van der Waals surface area contributed by atoms with Crippen molar-refractivity contribution >= 4 is 23.2 Å². The molecule has 0 amide bonds. The number of benzene rings is 1. The van der Waals surface area contributed by atoms with Crippen molar-refractivity contribution in [2.24, 2.45) is 0 Å². The number of hydrogen-bond donors (Lipinski definition) is 1. The van der Waals surface area contributed by atoms with E-state index in [1.165, 1.54) is 0 Å². The zero-order chi connectivity index (χ0) is 15.2. The largest absolute Gasteiger partial charge is 0.480 e. The molecule has 1 heterocycles. The van der Waals surface area contributed by atoms with Crippen molar-refractivity contribution in [3.63, 3.8) is 0 Å². The molecule has 4 nitrogen and oxygen atoms in total. The first-order chi connectivity index (χ1) is 10.2. The fourth-order valence-electron chi connectivity index (χ4n) is 2.00. The third kappa shape index (κ3) is 3.84. The number of rotatable bonds is 6. The lowest BCUT2D eigenvalue weighted by Gasteiger charge is -2.19. The van der Waals surface area contributed by atoms with E-state index in [0.29, 0.717) is 15.9 Å². The third-order valence-corrected chi connectivity index (χ3v) is 3.89. The summed E-state index contributed by atoms with van der Waals surface area (Å²) in [5.74, 6) is 0.477. The number of nitrogens with one attached hydrogen (secondary N) is 1. The standard InChI is InChI=1S/C15H17Cl2N3O/c1-3-9-18-15(10-5-4-6-11(16)14(10)17)12-7-8-13(21-2)20-19-12/h4-8,15,18H,3,9H2,1-2H3. The van der Waals surface area contributed by atoms with E-state index in [2.05, 4.69) is 22.4 Å². The van der Waals surface area contributed by atoms with Crippen molar-refractivity contribution in [3.05, 3.63) is 51.6 Å². The molecule has 21 heavy (non-hydrogen) atoms. The Labute approximate surface area is 134 Å². The highest BCUT2D eigenvalue weighted by atomic mass is 35.5. The van der Waals surface area contributed by atoms with Gasteiger partial charge < -0.3 is 10.1 Å². The van der Waals surface area contributed by atoms with Gasteiger partial charge in [0.2, 0.25) is 5.88 Å². The van der Waals surface area contributed by atoms with Gasteiger partial charge in [0, 0.05) is 6.07 Å². The van der Waals surface area contributed by atoms with E-state index in [1.807, 2.05) is 18.2 Å². The van der Waals surface area contributed by atoms with Gasteiger partial charge in [0.1, 0.15) is 0 Å². The van der Waals surface area contributed by atoms with E-state index in [1.54, 1.807) is 19.2 Å². The van der Waals surface area contributed by atoms with Crippen LogP contribution < -0.4 is 10.1 Å². The number of halogens is 2. The highest BCUT2D eigenvalue weighted by Gasteiger charge is 2.19. The van der Waals surface area contributed by atoms with Crippen molar-refractivity contribution in [3.8, 4) is 5.88 Å². The van der Waals surface area contributed by atoms with Gasteiger partial charge in [0.15, 0.2) is 0 Å². The molecule has 2 rings (SSSR count). The first-order valence-corrected chi connectivity index (χ1v) is 7.47. The summed E-state index contributed by atoms with van der Waals surface area (Å²) in [4.78, 5) is 0. The van der Waals surface area contributed by atoms with E-state index in [4.69, 9.17) is 27.9 Å². The molecule has 0 aliphatic heterocycles. The van der Waals surface area contributed by atoms with Crippen LogP contribution in [0, 0.1) is 0 Å². The van der Waals surface area contributed by atoms with Crippen LogP contribution in [-0.4, -0.2) is 23.9 Å². The molecule has 0 aliphatic carbocycles. The molecule has 2 aromatic rings. The van der Waals surface area contributed by atoms with E-state index < -0.39 is 0 Å². The summed E-state index contributed by atoms with van der Waals surface area (Å²) in [7, 11) is 1.56. The molecule has 1 N–H and O–H groups in total. The number of ether oxygens (including phenoxy) is 1. The molecule has 0 saturated carbocycles. The predicted molar refractivity (Wildman–Crippen MR) is 85.2 cm³/mol. The second-order valence-corrected chi connectivity index (χ2v) is 5.32. The molecule has 0 radical (unpaired) electrons. The van der Waals surface area contributed by atoms with Crippen LogP contribution in [0.4, 0.5) is 0 Å². The van der Waals surface area contributed by atoms with Crippen molar-refractivity contribution in [1.82, 2.24) is 15.5 Å². The summed E-state index contributed by atoms with van der Waals surface area (Å²) in [6.45, 7) is 2.94. The van der Waals surface area contributed by atoms with Gasteiger partial charge in [-0.05, 0) is 30.7 Å². The van der Waals surface area contributed by atoms with E-state index in [-0.39, 0.29) is 6.04 Å². The highest BCUT2D eigenvalue weighted by molar-refractivity contribution is 6.42. The number of methoxy groups -OCH3 is 1. The van der Waals surface area contributed by atoms with Crippen LogP contribution in [0.3, 0.4) is 0 Å². The second-order valence-electron chi connectivity index (χ2n) is 4.53. The zero-order valence-electron chi connectivity index (χ0n) is 11.9. The molecule has 6 heteroatoms. The maximum absolute atomic E-state index is 6.33. The number of hydrogen-bond acceptors (Lipinski definition) is 4. The van der Waals surface area contributed by atoms with Crippen LogP contribution >= 0.6 is 23.2 Å². The lowest BCUT2D eigenvalue weighted by atomic mass is 10.0. The molecule has 0 saturated heterocycles. The van der Waals surface area contributed by atoms with Gasteiger partial charge in [-0.2, -0.15) is 0 Å². The summed E-state index contributed by atoms with van der Waals surface area (Å²) in [5, 5.41) is 12.7. The zero-order valence-corrected chi connectivity index (χ0v) is 13.4. The topological polar surface area (TPSA) is 47.0 Å². The van der Waals surface area contributed by atoms with E-state index in [9.17, 15) is 0 Å². The summed E-state index contributed by atoms with van der Waals surface area (Å²) in [5.41, 5.74) is 1.66. The first-order valence-electron chi connectivity index (χ1n) is 6.72. The minimum absolute atomic E-state index is 0.158. The van der Waals surface area contributed by atoms with Gasteiger partial charge in [-0.25, -0.2) is 0 Å². The van der Waals surface area contributed by atoms with E-state index in [0.717, 1.165) is 24.2 Å². The van der Waals surface area contributed by atoms with Crippen molar-refractivity contribution in [1.29, 1.82) is 0 Å². The van der Waals surface area contributed by atoms with Gasteiger partial charge in [0.05, 0.1) is 28.9 Å². The molecule has 1 atom stereocenters. The van der Waals surface area contributed by atoms with Crippen molar-refractivity contribution < 1.29 is 4.74 Å². The average molecular weight is 326 g/mol. The van der Waals surface area contributed by atoms with E-state index >= 15 is 0 Å². The molecule has 1 aromatic heterocycles. The molecule has 1 unspecified atom stereocenters. The molecule has 112 valence electrons. The summed E-state index contributed by atoms with van der Waals surface area (Å²) in [6.07, 6.45) is 0.998. The molecule has 0 fully saturated rings. The Hall–Kier alpha value is -1.36. The number of nitrogens with zero attached hydrogens (tertiary/aromatic N) is 2. The first kappa shape index (κ1) is 16.0. The molecule has 0 aliphatic rings. The lowest BCUT2D eigenvalue weighted by Crippen LogP contribution is -2.24. The Morgan fingerprint density at radius 2 is 2.00 bits per heavy atom.